The minimum Gasteiger partial charge on any atom is -0.405 e. The van der Waals surface area contributed by atoms with Crippen molar-refractivity contribution in [3.63, 3.8) is 0 Å². The summed E-state index contributed by atoms with van der Waals surface area (Å²) in [6.07, 6.45) is -2.09. The Morgan fingerprint density at radius 3 is 2.42 bits per heavy atom. The van der Waals surface area contributed by atoms with Crippen LogP contribution in [0.5, 0.6) is 5.75 Å². The lowest BCUT2D eigenvalue weighted by Gasteiger charge is -2.15. The van der Waals surface area contributed by atoms with Gasteiger partial charge in [0.05, 0.1) is 0 Å². The van der Waals surface area contributed by atoms with Crippen molar-refractivity contribution in [3.8, 4) is 5.75 Å². The summed E-state index contributed by atoms with van der Waals surface area (Å²) >= 11 is 0. The molecule has 0 unspecified atom stereocenters. The molecule has 1 aliphatic rings. The van der Waals surface area contributed by atoms with Crippen LogP contribution in [0, 0.1) is 5.92 Å². The van der Waals surface area contributed by atoms with Crippen LogP contribution in [0.15, 0.2) is 52.7 Å². The number of hydrogen-bond donors (Lipinski definition) is 0. The second kappa shape index (κ2) is 7.55. The Kier molecular flexibility index (Phi) is 5.64. The lowest BCUT2D eigenvalue weighted by molar-refractivity contribution is -0.274. The Balaban J connectivity index is 2.25. The van der Waals surface area contributed by atoms with Crippen LogP contribution in [0.4, 0.5) is 13.2 Å². The molecule has 8 heteroatoms. The molecule has 1 aromatic rings. The zero-order valence-corrected chi connectivity index (χ0v) is 14.3. The lowest BCUT2D eigenvalue weighted by Crippen LogP contribution is -2.19. The van der Waals surface area contributed by atoms with Gasteiger partial charge in [-0.05, 0) is 42.7 Å². The standard InChI is InChI=1S/C18H16F3NO4/c1-10(2)13-9-14(11(3)8-15(13)23)22-26-17(24)12-6-4-5-7-16(12)25-18(19,20)21/h4-10H,1-3H3/b22-14+. The highest BCUT2D eigenvalue weighted by Gasteiger charge is 2.33. The Morgan fingerprint density at radius 1 is 1.15 bits per heavy atom. The normalized spacial score (nSPS) is 16.4. The Labute approximate surface area is 147 Å². The van der Waals surface area contributed by atoms with Gasteiger partial charge in [0.15, 0.2) is 5.78 Å². The van der Waals surface area contributed by atoms with Crippen molar-refractivity contribution in [2.24, 2.45) is 11.1 Å². The molecule has 0 bridgehead atoms. The summed E-state index contributed by atoms with van der Waals surface area (Å²) in [4.78, 5) is 28.8. The molecule has 0 aromatic heterocycles. The van der Waals surface area contributed by atoms with Gasteiger partial charge in [-0.1, -0.05) is 31.1 Å². The van der Waals surface area contributed by atoms with Gasteiger partial charge >= 0.3 is 12.3 Å². The van der Waals surface area contributed by atoms with Crippen LogP contribution >= 0.6 is 0 Å². The fraction of sp³-hybridized carbons (Fsp3) is 0.278. The fourth-order valence-corrected chi connectivity index (χ4v) is 2.22. The van der Waals surface area contributed by atoms with Gasteiger partial charge in [-0.2, -0.15) is 0 Å². The summed E-state index contributed by atoms with van der Waals surface area (Å²) < 4.78 is 41.1. The SMILES string of the molecule is CC1=CC(=O)C(C(C)C)=C/C1=N\OC(=O)c1ccccc1OC(F)(F)F. The maximum absolute atomic E-state index is 12.4. The van der Waals surface area contributed by atoms with Gasteiger partial charge in [-0.15, -0.1) is 13.2 Å². The summed E-state index contributed by atoms with van der Waals surface area (Å²) in [5, 5.41) is 3.68. The number of carbonyl (C=O) groups excluding carboxylic acids is 2. The quantitative estimate of drug-likeness (QED) is 0.454. The molecular formula is C18H16F3NO4. The Hall–Kier alpha value is -2.90. The number of allylic oxidation sites excluding steroid dienone is 4. The number of hydrogen-bond acceptors (Lipinski definition) is 5. The monoisotopic (exact) mass is 367 g/mol. The van der Waals surface area contributed by atoms with Gasteiger partial charge < -0.3 is 9.57 Å². The van der Waals surface area contributed by atoms with Crippen LogP contribution in [0.2, 0.25) is 0 Å². The molecule has 0 radical (unpaired) electrons. The predicted molar refractivity (Wildman–Crippen MR) is 87.7 cm³/mol. The number of carbonyl (C=O) groups is 2. The van der Waals surface area contributed by atoms with Crippen LogP contribution in [-0.4, -0.2) is 23.8 Å². The first-order valence-corrected chi connectivity index (χ1v) is 7.67. The van der Waals surface area contributed by atoms with Crippen molar-refractivity contribution < 1.29 is 32.3 Å². The first kappa shape index (κ1) is 19.4. The molecule has 0 N–H and O–H groups in total. The van der Waals surface area contributed by atoms with E-state index in [-0.39, 0.29) is 17.4 Å². The van der Waals surface area contributed by atoms with Crippen molar-refractivity contribution in [1.29, 1.82) is 0 Å². The number of nitrogens with zero attached hydrogens (tertiary/aromatic N) is 1. The molecule has 5 nitrogen and oxygen atoms in total. The Morgan fingerprint density at radius 2 is 1.81 bits per heavy atom. The van der Waals surface area contributed by atoms with Gasteiger partial charge in [0.2, 0.25) is 0 Å². The van der Waals surface area contributed by atoms with E-state index in [0.717, 1.165) is 12.1 Å². The fourth-order valence-electron chi connectivity index (χ4n) is 2.22. The molecule has 0 spiro atoms. The smallest absolute Gasteiger partial charge is 0.405 e. The van der Waals surface area contributed by atoms with E-state index in [1.807, 2.05) is 13.8 Å². The van der Waals surface area contributed by atoms with Crippen LogP contribution in [0.1, 0.15) is 31.1 Å². The van der Waals surface area contributed by atoms with Gasteiger partial charge in [0.1, 0.15) is 17.0 Å². The number of halogens is 3. The van der Waals surface area contributed by atoms with Crippen LogP contribution in [-0.2, 0) is 9.63 Å². The zero-order chi connectivity index (χ0) is 19.5. The number of rotatable bonds is 4. The molecule has 0 saturated heterocycles. The van der Waals surface area contributed by atoms with E-state index in [0.29, 0.717) is 11.1 Å². The van der Waals surface area contributed by atoms with Crippen molar-refractivity contribution in [1.82, 2.24) is 0 Å². The van der Waals surface area contributed by atoms with E-state index in [4.69, 9.17) is 4.84 Å². The lowest BCUT2D eigenvalue weighted by atomic mass is 9.90. The molecule has 138 valence electrons. The van der Waals surface area contributed by atoms with Gasteiger partial charge in [0, 0.05) is 5.57 Å². The summed E-state index contributed by atoms with van der Waals surface area (Å²) in [6, 6.07) is 4.79. The third kappa shape index (κ3) is 4.81. The highest BCUT2D eigenvalue weighted by Crippen LogP contribution is 2.27. The van der Waals surface area contributed by atoms with Crippen LogP contribution in [0.3, 0.4) is 0 Å². The van der Waals surface area contributed by atoms with E-state index in [1.165, 1.54) is 24.3 Å². The van der Waals surface area contributed by atoms with Gasteiger partial charge in [-0.3, -0.25) is 4.79 Å². The van der Waals surface area contributed by atoms with Gasteiger partial charge in [0.25, 0.3) is 0 Å². The third-order valence-corrected chi connectivity index (χ3v) is 3.51. The molecule has 0 atom stereocenters. The first-order chi connectivity index (χ1) is 12.1. The van der Waals surface area contributed by atoms with E-state index in [9.17, 15) is 22.8 Å². The first-order valence-electron chi connectivity index (χ1n) is 7.67. The van der Waals surface area contributed by atoms with Crippen LogP contribution < -0.4 is 4.74 Å². The van der Waals surface area contributed by atoms with E-state index < -0.39 is 23.6 Å². The molecule has 0 heterocycles. The average Bonchev–Trinajstić information content (AvgIpc) is 2.52. The maximum atomic E-state index is 12.4. The highest BCUT2D eigenvalue weighted by molar-refractivity contribution is 6.21. The molecule has 0 fully saturated rings. The number of para-hydroxylation sites is 1. The summed E-state index contributed by atoms with van der Waals surface area (Å²) in [5.41, 5.74) is 0.796. The molecule has 0 aliphatic heterocycles. The second-order valence-electron chi connectivity index (χ2n) is 5.85. The van der Waals surface area contributed by atoms with Gasteiger partial charge in [-0.25, -0.2) is 4.79 Å². The maximum Gasteiger partial charge on any atom is 0.573 e. The second-order valence-corrected chi connectivity index (χ2v) is 5.85. The molecular weight excluding hydrogens is 351 g/mol. The summed E-state index contributed by atoms with van der Waals surface area (Å²) in [7, 11) is 0. The van der Waals surface area contributed by atoms with Crippen molar-refractivity contribution in [2.45, 2.75) is 27.1 Å². The van der Waals surface area contributed by atoms with Crippen molar-refractivity contribution in [3.05, 3.63) is 53.1 Å². The molecule has 26 heavy (non-hydrogen) atoms. The van der Waals surface area contributed by atoms with E-state index in [1.54, 1.807) is 6.92 Å². The molecule has 2 rings (SSSR count). The van der Waals surface area contributed by atoms with Crippen LogP contribution in [0.25, 0.3) is 0 Å². The van der Waals surface area contributed by atoms with Crippen molar-refractivity contribution in [2.75, 3.05) is 0 Å². The largest absolute Gasteiger partial charge is 0.573 e. The predicted octanol–water partition coefficient (Wildman–Crippen LogP) is 4.21. The summed E-state index contributed by atoms with van der Waals surface area (Å²) in [6.45, 7) is 5.26. The topological polar surface area (TPSA) is 65.0 Å². The Bertz CT molecular complexity index is 820. The molecule has 0 amide bonds. The number of ether oxygens (including phenoxy) is 1. The molecule has 1 aliphatic carbocycles. The average molecular weight is 367 g/mol. The number of alkyl halides is 3. The van der Waals surface area contributed by atoms with E-state index >= 15 is 0 Å². The number of benzene rings is 1. The number of ketones is 1. The van der Waals surface area contributed by atoms with E-state index in [2.05, 4.69) is 9.89 Å². The molecule has 1 aromatic carbocycles. The number of oxime groups is 1. The third-order valence-electron chi connectivity index (χ3n) is 3.51. The van der Waals surface area contributed by atoms with Crippen molar-refractivity contribution >= 4 is 17.5 Å². The minimum atomic E-state index is -4.94. The minimum absolute atomic E-state index is 0.0614. The zero-order valence-electron chi connectivity index (χ0n) is 14.3. The highest BCUT2D eigenvalue weighted by atomic mass is 19.4. The summed E-state index contributed by atoms with van der Waals surface area (Å²) in [5.74, 6) is -2.02. The molecule has 0 saturated carbocycles.